The SMILES string of the molecule is Cc1noc([C@H]2COCCN2c2cc(C(F)(F)F)nc3ncnn23)n1. The van der Waals surface area contributed by atoms with Gasteiger partial charge in [-0.1, -0.05) is 5.16 Å². The van der Waals surface area contributed by atoms with Gasteiger partial charge in [0.15, 0.2) is 11.5 Å². The number of hydrogen-bond acceptors (Lipinski definition) is 8. The van der Waals surface area contributed by atoms with Crippen LogP contribution >= 0.6 is 0 Å². The molecule has 3 aromatic heterocycles. The van der Waals surface area contributed by atoms with Gasteiger partial charge >= 0.3 is 6.18 Å². The molecule has 1 saturated heterocycles. The van der Waals surface area contributed by atoms with Crippen LogP contribution in [0.15, 0.2) is 16.9 Å². The molecule has 0 unspecified atom stereocenters. The van der Waals surface area contributed by atoms with Crippen LogP contribution in [0.1, 0.15) is 23.5 Å². The number of anilines is 1. The number of fused-ring (bicyclic) bond motifs is 1. The molecule has 1 aliphatic rings. The molecule has 0 spiro atoms. The van der Waals surface area contributed by atoms with Crippen LogP contribution in [-0.4, -0.2) is 49.5 Å². The fourth-order valence-corrected chi connectivity index (χ4v) is 2.68. The first kappa shape index (κ1) is 15.7. The van der Waals surface area contributed by atoms with E-state index in [1.165, 1.54) is 4.52 Å². The number of hydrogen-bond donors (Lipinski definition) is 0. The van der Waals surface area contributed by atoms with E-state index in [2.05, 4.69) is 25.2 Å². The van der Waals surface area contributed by atoms with Crippen LogP contribution in [0.5, 0.6) is 0 Å². The second kappa shape index (κ2) is 5.65. The number of rotatable bonds is 2. The van der Waals surface area contributed by atoms with E-state index in [1.54, 1.807) is 11.8 Å². The van der Waals surface area contributed by atoms with Crippen molar-refractivity contribution in [1.29, 1.82) is 0 Å². The number of aromatic nitrogens is 6. The van der Waals surface area contributed by atoms with Crippen molar-refractivity contribution in [2.24, 2.45) is 0 Å². The molecule has 9 nitrogen and oxygen atoms in total. The molecule has 0 N–H and O–H groups in total. The zero-order valence-corrected chi connectivity index (χ0v) is 12.9. The zero-order chi connectivity index (χ0) is 17.6. The molecule has 0 aromatic carbocycles. The Labute approximate surface area is 138 Å². The van der Waals surface area contributed by atoms with Gasteiger partial charge in [0.05, 0.1) is 13.2 Å². The highest BCUT2D eigenvalue weighted by molar-refractivity contribution is 5.49. The molecule has 4 rings (SSSR count). The molecule has 1 atom stereocenters. The Morgan fingerprint density at radius 2 is 2.12 bits per heavy atom. The molecular formula is C13H12F3N7O2. The summed E-state index contributed by atoms with van der Waals surface area (Å²) in [6.07, 6.45) is -3.45. The van der Waals surface area contributed by atoms with E-state index in [0.717, 1.165) is 12.4 Å². The predicted molar refractivity (Wildman–Crippen MR) is 75.7 cm³/mol. The smallest absolute Gasteiger partial charge is 0.377 e. The number of nitrogens with zero attached hydrogens (tertiary/aromatic N) is 7. The molecule has 1 aliphatic heterocycles. The summed E-state index contributed by atoms with van der Waals surface area (Å²) in [7, 11) is 0. The Morgan fingerprint density at radius 3 is 2.84 bits per heavy atom. The summed E-state index contributed by atoms with van der Waals surface area (Å²) in [4.78, 5) is 13.1. The highest BCUT2D eigenvalue weighted by atomic mass is 19.4. The van der Waals surface area contributed by atoms with E-state index in [0.29, 0.717) is 19.0 Å². The number of morpholine rings is 1. The molecule has 0 radical (unpaired) electrons. The molecule has 25 heavy (non-hydrogen) atoms. The quantitative estimate of drug-likeness (QED) is 0.681. The Morgan fingerprint density at radius 1 is 1.28 bits per heavy atom. The number of ether oxygens (including phenoxy) is 1. The van der Waals surface area contributed by atoms with Gasteiger partial charge in [0, 0.05) is 12.6 Å². The monoisotopic (exact) mass is 355 g/mol. The van der Waals surface area contributed by atoms with Crippen molar-refractivity contribution in [3.63, 3.8) is 0 Å². The van der Waals surface area contributed by atoms with E-state index in [1.807, 2.05) is 0 Å². The average Bonchev–Trinajstić information content (AvgIpc) is 3.21. The third-order valence-electron chi connectivity index (χ3n) is 3.77. The van der Waals surface area contributed by atoms with Crippen LogP contribution in [0.4, 0.5) is 19.0 Å². The third-order valence-corrected chi connectivity index (χ3v) is 3.77. The maximum Gasteiger partial charge on any atom is 0.433 e. The average molecular weight is 355 g/mol. The fourth-order valence-electron chi connectivity index (χ4n) is 2.68. The van der Waals surface area contributed by atoms with Crippen LogP contribution in [0.2, 0.25) is 0 Å². The topological polar surface area (TPSA) is 94.5 Å². The molecular weight excluding hydrogens is 343 g/mol. The lowest BCUT2D eigenvalue weighted by Crippen LogP contribution is -2.41. The normalized spacial score (nSPS) is 18.9. The Hall–Kier alpha value is -2.76. The molecule has 0 bridgehead atoms. The summed E-state index contributed by atoms with van der Waals surface area (Å²) < 4.78 is 51.4. The Balaban J connectivity index is 1.84. The fraction of sp³-hybridized carbons (Fsp3) is 0.462. The third kappa shape index (κ3) is 2.77. The van der Waals surface area contributed by atoms with Gasteiger partial charge in [-0.15, -0.1) is 0 Å². The van der Waals surface area contributed by atoms with Gasteiger partial charge in [0.25, 0.3) is 11.7 Å². The molecule has 132 valence electrons. The number of halogens is 3. The first-order chi connectivity index (χ1) is 11.9. The summed E-state index contributed by atoms with van der Waals surface area (Å²) in [5.41, 5.74) is -1.05. The minimum atomic E-state index is -4.61. The highest BCUT2D eigenvalue weighted by Gasteiger charge is 2.37. The highest BCUT2D eigenvalue weighted by Crippen LogP contribution is 2.34. The largest absolute Gasteiger partial charge is 0.433 e. The van der Waals surface area contributed by atoms with Gasteiger partial charge in [-0.2, -0.15) is 32.8 Å². The van der Waals surface area contributed by atoms with Gasteiger partial charge < -0.3 is 14.2 Å². The molecule has 1 fully saturated rings. The second-order valence-electron chi connectivity index (χ2n) is 5.43. The van der Waals surface area contributed by atoms with Crippen LogP contribution in [0, 0.1) is 6.92 Å². The van der Waals surface area contributed by atoms with Crippen molar-refractivity contribution in [3.05, 3.63) is 29.8 Å². The predicted octanol–water partition coefficient (Wildman–Crippen LogP) is 1.41. The van der Waals surface area contributed by atoms with Crippen molar-refractivity contribution in [2.45, 2.75) is 19.1 Å². The van der Waals surface area contributed by atoms with E-state index in [9.17, 15) is 13.2 Å². The second-order valence-corrected chi connectivity index (χ2v) is 5.43. The van der Waals surface area contributed by atoms with E-state index in [4.69, 9.17) is 9.26 Å². The Bertz CT molecular complexity index is 907. The zero-order valence-electron chi connectivity index (χ0n) is 12.9. The van der Waals surface area contributed by atoms with Gasteiger partial charge in [-0.05, 0) is 6.92 Å². The van der Waals surface area contributed by atoms with E-state index < -0.39 is 17.9 Å². The first-order valence-electron chi connectivity index (χ1n) is 7.36. The molecule has 4 heterocycles. The van der Waals surface area contributed by atoms with Gasteiger partial charge in [0.2, 0.25) is 0 Å². The number of alkyl halides is 3. The minimum absolute atomic E-state index is 0.142. The van der Waals surface area contributed by atoms with E-state index in [-0.39, 0.29) is 24.1 Å². The van der Waals surface area contributed by atoms with Crippen LogP contribution in [-0.2, 0) is 10.9 Å². The minimum Gasteiger partial charge on any atom is -0.377 e. The van der Waals surface area contributed by atoms with Gasteiger partial charge in [-0.3, -0.25) is 0 Å². The van der Waals surface area contributed by atoms with Gasteiger partial charge in [0.1, 0.15) is 18.2 Å². The summed E-state index contributed by atoms with van der Waals surface area (Å²) in [6.45, 7) is 2.51. The summed E-state index contributed by atoms with van der Waals surface area (Å²) in [6, 6.07) is 0.397. The lowest BCUT2D eigenvalue weighted by Gasteiger charge is -2.35. The lowest BCUT2D eigenvalue weighted by atomic mass is 10.2. The van der Waals surface area contributed by atoms with Crippen LogP contribution in [0.3, 0.4) is 0 Å². The molecule has 0 aliphatic carbocycles. The molecule has 3 aromatic rings. The van der Waals surface area contributed by atoms with Crippen LogP contribution in [0.25, 0.3) is 5.78 Å². The van der Waals surface area contributed by atoms with Crippen molar-refractivity contribution in [1.82, 2.24) is 29.7 Å². The van der Waals surface area contributed by atoms with Crippen molar-refractivity contribution < 1.29 is 22.4 Å². The molecule has 0 amide bonds. The summed E-state index contributed by atoms with van der Waals surface area (Å²) in [5.74, 6) is 0.726. The lowest BCUT2D eigenvalue weighted by molar-refractivity contribution is -0.141. The van der Waals surface area contributed by atoms with E-state index >= 15 is 0 Å². The van der Waals surface area contributed by atoms with Crippen molar-refractivity contribution >= 4 is 11.6 Å². The van der Waals surface area contributed by atoms with Crippen molar-refractivity contribution in [2.75, 3.05) is 24.7 Å². The molecule has 0 saturated carbocycles. The summed E-state index contributed by atoms with van der Waals surface area (Å²) >= 11 is 0. The maximum absolute atomic E-state index is 13.2. The number of aryl methyl sites for hydroxylation is 1. The first-order valence-corrected chi connectivity index (χ1v) is 7.36. The standard InChI is InChI=1S/C13H12F3N7O2/c1-7-19-11(25-21-7)8-5-24-3-2-22(8)10-4-9(13(14,15)16)20-12-17-6-18-23(10)12/h4,6,8H,2-3,5H2,1H3/t8-/m1/s1. The summed E-state index contributed by atoms with van der Waals surface area (Å²) in [5, 5.41) is 7.71. The van der Waals surface area contributed by atoms with Crippen LogP contribution < -0.4 is 4.90 Å². The van der Waals surface area contributed by atoms with Gasteiger partial charge in [-0.25, -0.2) is 4.98 Å². The molecule has 12 heteroatoms. The van der Waals surface area contributed by atoms with Crippen molar-refractivity contribution in [3.8, 4) is 0 Å². The maximum atomic E-state index is 13.2. The Kier molecular flexibility index (Phi) is 3.56.